The minimum Gasteiger partial charge on any atom is -0.383 e. The lowest BCUT2D eigenvalue weighted by atomic mass is 10.1. The molecule has 17 heavy (non-hydrogen) atoms. The summed E-state index contributed by atoms with van der Waals surface area (Å²) in [7, 11) is 1.62. The first-order valence-corrected chi connectivity index (χ1v) is 5.46. The van der Waals surface area contributed by atoms with Gasteiger partial charge in [-0.2, -0.15) is 0 Å². The molecular weight excluding hydrogens is 224 g/mol. The molecule has 94 valence electrons. The van der Waals surface area contributed by atoms with E-state index in [0.717, 1.165) is 5.57 Å². The lowest BCUT2D eigenvalue weighted by Crippen LogP contribution is -2.20. The zero-order chi connectivity index (χ0) is 12.7. The third-order valence-corrected chi connectivity index (χ3v) is 2.28. The van der Waals surface area contributed by atoms with Gasteiger partial charge < -0.3 is 10.1 Å². The average Bonchev–Trinajstić information content (AvgIpc) is 2.30. The quantitative estimate of drug-likeness (QED) is 0.773. The van der Waals surface area contributed by atoms with Gasteiger partial charge in [-0.3, -0.25) is 0 Å². The van der Waals surface area contributed by atoms with Crippen molar-refractivity contribution in [3.8, 4) is 0 Å². The van der Waals surface area contributed by atoms with Crippen LogP contribution in [0.2, 0.25) is 0 Å². The Bertz CT molecular complexity index is 371. The van der Waals surface area contributed by atoms with E-state index in [1.807, 2.05) is 6.92 Å². The summed E-state index contributed by atoms with van der Waals surface area (Å²) in [5.41, 5.74) is 0.878. The molecule has 0 atom stereocenters. The number of hydrogen-bond donors (Lipinski definition) is 1. The Hall–Kier alpha value is -1.26. The maximum Gasteiger partial charge on any atom is 0.133 e. The molecule has 2 nitrogen and oxygen atoms in total. The smallest absolute Gasteiger partial charge is 0.133 e. The first-order valence-electron chi connectivity index (χ1n) is 5.46. The molecule has 0 aliphatic rings. The van der Waals surface area contributed by atoms with Crippen LogP contribution in [0, 0.1) is 11.6 Å². The first-order chi connectivity index (χ1) is 8.15. The monoisotopic (exact) mass is 241 g/mol. The van der Waals surface area contributed by atoms with Crippen LogP contribution >= 0.6 is 0 Å². The predicted molar refractivity (Wildman–Crippen MR) is 64.8 cm³/mol. The van der Waals surface area contributed by atoms with Gasteiger partial charge in [0.05, 0.1) is 6.61 Å². The zero-order valence-electron chi connectivity index (χ0n) is 10.1. The molecule has 0 radical (unpaired) electrons. The second-order valence-corrected chi connectivity index (χ2v) is 3.80. The summed E-state index contributed by atoms with van der Waals surface area (Å²) >= 11 is 0. The van der Waals surface area contributed by atoms with Crippen LogP contribution < -0.4 is 5.32 Å². The topological polar surface area (TPSA) is 21.3 Å². The van der Waals surface area contributed by atoms with E-state index in [1.165, 1.54) is 24.3 Å². The highest BCUT2D eigenvalue weighted by Gasteiger charge is 2.05. The normalized spacial score (nSPS) is 11.9. The molecule has 4 heteroatoms. The van der Waals surface area contributed by atoms with E-state index in [-0.39, 0.29) is 5.56 Å². The molecule has 0 saturated carbocycles. The zero-order valence-corrected chi connectivity index (χ0v) is 10.1. The van der Waals surface area contributed by atoms with Crippen LogP contribution in [-0.4, -0.2) is 26.8 Å². The van der Waals surface area contributed by atoms with Crippen molar-refractivity contribution >= 4 is 6.08 Å². The van der Waals surface area contributed by atoms with Crippen LogP contribution in [0.3, 0.4) is 0 Å². The molecule has 0 saturated heterocycles. The number of ether oxygens (including phenoxy) is 1. The fourth-order valence-electron chi connectivity index (χ4n) is 1.41. The molecule has 0 unspecified atom stereocenters. The van der Waals surface area contributed by atoms with Gasteiger partial charge in [-0.05, 0) is 25.1 Å². The van der Waals surface area contributed by atoms with Crippen molar-refractivity contribution < 1.29 is 13.5 Å². The van der Waals surface area contributed by atoms with E-state index in [0.29, 0.717) is 19.7 Å². The van der Waals surface area contributed by atoms with E-state index in [9.17, 15) is 8.78 Å². The maximum atomic E-state index is 13.3. The van der Waals surface area contributed by atoms with Crippen LogP contribution in [0.5, 0.6) is 0 Å². The Labute approximate surface area is 100 Å². The van der Waals surface area contributed by atoms with Gasteiger partial charge in [0.2, 0.25) is 0 Å². The van der Waals surface area contributed by atoms with Gasteiger partial charge >= 0.3 is 0 Å². The second kappa shape index (κ2) is 7.14. The Morgan fingerprint density at radius 2 is 2.00 bits per heavy atom. The highest BCUT2D eigenvalue weighted by molar-refractivity contribution is 5.54. The van der Waals surface area contributed by atoms with Crippen molar-refractivity contribution in [1.29, 1.82) is 0 Å². The van der Waals surface area contributed by atoms with Crippen LogP contribution in [0.1, 0.15) is 12.5 Å². The van der Waals surface area contributed by atoms with Gasteiger partial charge in [-0.15, -0.1) is 0 Å². The lowest BCUT2D eigenvalue weighted by Gasteiger charge is -2.05. The van der Waals surface area contributed by atoms with Gasteiger partial charge in [-0.1, -0.05) is 11.6 Å². The number of rotatable bonds is 6. The molecule has 1 aromatic rings. The summed E-state index contributed by atoms with van der Waals surface area (Å²) < 4.78 is 31.5. The SMILES string of the molecule is COCCNCC(C)=Cc1c(F)cccc1F. The largest absolute Gasteiger partial charge is 0.383 e. The highest BCUT2D eigenvalue weighted by Crippen LogP contribution is 2.15. The molecule has 0 aliphatic carbocycles. The van der Waals surface area contributed by atoms with E-state index in [2.05, 4.69) is 5.32 Å². The minimum atomic E-state index is -0.541. The molecule has 0 amide bonds. The van der Waals surface area contributed by atoms with Crippen molar-refractivity contribution in [3.63, 3.8) is 0 Å². The summed E-state index contributed by atoms with van der Waals surface area (Å²) in [5, 5.41) is 3.11. The van der Waals surface area contributed by atoms with Crippen LogP contribution in [-0.2, 0) is 4.74 Å². The number of nitrogens with one attached hydrogen (secondary N) is 1. The fraction of sp³-hybridized carbons (Fsp3) is 0.385. The van der Waals surface area contributed by atoms with Gasteiger partial charge in [0.1, 0.15) is 11.6 Å². The molecule has 0 spiro atoms. The standard InChI is InChI=1S/C13H17F2NO/c1-10(9-16-6-7-17-2)8-11-12(14)4-3-5-13(11)15/h3-5,8,16H,6-7,9H2,1-2H3. The molecule has 0 fully saturated rings. The van der Waals surface area contributed by atoms with E-state index < -0.39 is 11.6 Å². The minimum absolute atomic E-state index is 0.0125. The summed E-state index contributed by atoms with van der Waals surface area (Å²) in [4.78, 5) is 0. The van der Waals surface area contributed by atoms with E-state index in [4.69, 9.17) is 4.74 Å². The number of halogens is 2. The molecule has 0 bridgehead atoms. The molecule has 1 aromatic carbocycles. The number of benzene rings is 1. The predicted octanol–water partition coefficient (Wildman–Crippen LogP) is 2.60. The van der Waals surface area contributed by atoms with Crippen LogP contribution in [0.4, 0.5) is 8.78 Å². The van der Waals surface area contributed by atoms with Gasteiger partial charge in [0.15, 0.2) is 0 Å². The lowest BCUT2D eigenvalue weighted by molar-refractivity contribution is 0.200. The van der Waals surface area contributed by atoms with Crippen LogP contribution in [0.25, 0.3) is 6.08 Å². The van der Waals surface area contributed by atoms with Crippen molar-refractivity contribution in [2.24, 2.45) is 0 Å². The molecule has 0 aromatic heterocycles. The number of methoxy groups -OCH3 is 1. The van der Waals surface area contributed by atoms with Crippen LogP contribution in [0.15, 0.2) is 23.8 Å². The summed E-state index contributed by atoms with van der Waals surface area (Å²) in [6.45, 7) is 3.73. The molecular formula is C13H17F2NO. The molecule has 0 aliphatic heterocycles. The maximum absolute atomic E-state index is 13.3. The highest BCUT2D eigenvalue weighted by atomic mass is 19.1. The molecule has 1 N–H and O–H groups in total. The summed E-state index contributed by atoms with van der Waals surface area (Å²) in [6, 6.07) is 3.86. The average molecular weight is 241 g/mol. The summed E-state index contributed by atoms with van der Waals surface area (Å²) in [5.74, 6) is -1.08. The Morgan fingerprint density at radius 1 is 1.35 bits per heavy atom. The van der Waals surface area contributed by atoms with Gasteiger partial charge in [0.25, 0.3) is 0 Å². The third kappa shape index (κ3) is 4.63. The van der Waals surface area contributed by atoms with E-state index >= 15 is 0 Å². The Kier molecular flexibility index (Phi) is 5.80. The first kappa shape index (κ1) is 13.8. The van der Waals surface area contributed by atoms with Crippen molar-refractivity contribution in [1.82, 2.24) is 5.32 Å². The number of hydrogen-bond acceptors (Lipinski definition) is 2. The summed E-state index contributed by atoms with van der Waals surface area (Å²) in [6.07, 6.45) is 1.52. The molecule has 1 rings (SSSR count). The third-order valence-electron chi connectivity index (χ3n) is 2.28. The van der Waals surface area contributed by atoms with Gasteiger partial charge in [-0.25, -0.2) is 8.78 Å². The Morgan fingerprint density at radius 3 is 2.59 bits per heavy atom. The second-order valence-electron chi connectivity index (χ2n) is 3.80. The van der Waals surface area contributed by atoms with Crippen molar-refractivity contribution in [3.05, 3.63) is 41.0 Å². The van der Waals surface area contributed by atoms with Crippen molar-refractivity contribution in [2.45, 2.75) is 6.92 Å². The fourth-order valence-corrected chi connectivity index (χ4v) is 1.41. The van der Waals surface area contributed by atoms with Crippen molar-refractivity contribution in [2.75, 3.05) is 26.8 Å². The van der Waals surface area contributed by atoms with Gasteiger partial charge in [0, 0.05) is 25.8 Å². The van der Waals surface area contributed by atoms with E-state index in [1.54, 1.807) is 7.11 Å². The Balaban J connectivity index is 2.61. The molecule has 0 heterocycles.